The van der Waals surface area contributed by atoms with Gasteiger partial charge in [-0.1, -0.05) is 402 Å². The molecule has 0 saturated carbocycles. The summed E-state index contributed by atoms with van der Waals surface area (Å²) in [6.45, 7) is 12.1. The van der Waals surface area contributed by atoms with Crippen LogP contribution in [-0.4, -0.2) is 96.7 Å². The van der Waals surface area contributed by atoms with Crippen LogP contribution in [0.5, 0.6) is 0 Å². The average Bonchev–Trinajstić information content (AvgIpc) is 0.917. The van der Waals surface area contributed by atoms with E-state index in [9.17, 15) is 43.2 Å². The Kier molecular flexibility index (Phi) is 74.7. The zero-order chi connectivity index (χ0) is 77.2. The molecule has 0 aromatic carbocycles. The van der Waals surface area contributed by atoms with Gasteiger partial charge in [0.15, 0.2) is 12.2 Å². The monoisotopic (exact) mass is 1540 g/mol. The quantitative estimate of drug-likeness (QED) is 0.0222. The molecule has 19 heteroatoms. The number of aliphatic hydroxyl groups is 1. The van der Waals surface area contributed by atoms with Crippen LogP contribution in [0.1, 0.15) is 453 Å². The van der Waals surface area contributed by atoms with Crippen molar-refractivity contribution in [3.05, 3.63) is 0 Å². The minimum absolute atomic E-state index is 0.108. The Hall–Kier alpha value is -1.94. The first kappa shape index (κ1) is 103. The Bertz CT molecular complexity index is 2030. The van der Waals surface area contributed by atoms with E-state index in [4.69, 9.17) is 37.0 Å². The maximum Gasteiger partial charge on any atom is 0.472 e. The summed E-state index contributed by atoms with van der Waals surface area (Å²) in [6, 6.07) is 0. The Morgan fingerprint density at radius 1 is 0.257 bits per heavy atom. The number of carbonyl (C=O) groups is 4. The minimum Gasteiger partial charge on any atom is -0.462 e. The summed E-state index contributed by atoms with van der Waals surface area (Å²) in [7, 11) is -9.93. The van der Waals surface area contributed by atoms with Crippen LogP contribution in [0.2, 0.25) is 0 Å². The second kappa shape index (κ2) is 76.1. The van der Waals surface area contributed by atoms with Crippen LogP contribution in [0.3, 0.4) is 0 Å². The highest BCUT2D eigenvalue weighted by Crippen LogP contribution is 2.45. The van der Waals surface area contributed by atoms with E-state index >= 15 is 0 Å². The van der Waals surface area contributed by atoms with Crippen molar-refractivity contribution in [1.82, 2.24) is 0 Å². The molecule has 0 aliphatic carbocycles. The van der Waals surface area contributed by atoms with Gasteiger partial charge >= 0.3 is 39.5 Å². The first-order chi connectivity index (χ1) is 50.7. The van der Waals surface area contributed by atoms with Crippen LogP contribution in [-0.2, 0) is 65.4 Å². The summed E-state index contributed by atoms with van der Waals surface area (Å²) in [6.07, 6.45) is 66.6. The van der Waals surface area contributed by atoms with E-state index in [1.165, 1.54) is 263 Å². The maximum absolute atomic E-state index is 13.1. The summed E-state index contributed by atoms with van der Waals surface area (Å²) >= 11 is 0. The third-order valence-electron chi connectivity index (χ3n) is 20.1. The maximum atomic E-state index is 13.1. The molecule has 0 radical (unpaired) electrons. The molecule has 624 valence electrons. The van der Waals surface area contributed by atoms with E-state index in [0.29, 0.717) is 25.7 Å². The standard InChI is InChI=1S/C86H168O17P2/c1-8-9-10-11-12-13-29-39-46-53-60-67-83(88)96-73-81(102-86(91)70-63-56-49-42-35-28-22-25-32-38-45-52-59-66-79(6)7)75-100-104(92,93)98-71-80(87)72-99-105(94,95)101-76-82(74-97-84(89)68-61-54-47-40-33-26-21-20-24-31-37-44-51-58-65-78(4)5)103-85(90)69-62-55-48-41-34-27-19-17-15-14-16-18-23-30-36-43-50-57-64-77(2)3/h77-82,87H,8-76H2,1-7H3,(H,92,93)(H,94,95)/t80-,81+,82+/m0/s1. The Morgan fingerprint density at radius 2 is 0.438 bits per heavy atom. The highest BCUT2D eigenvalue weighted by Gasteiger charge is 2.30. The number of esters is 4. The first-order valence-electron chi connectivity index (χ1n) is 44.3. The van der Waals surface area contributed by atoms with Gasteiger partial charge in [-0.05, 0) is 43.4 Å². The topological polar surface area (TPSA) is 237 Å². The van der Waals surface area contributed by atoms with Crippen molar-refractivity contribution in [2.24, 2.45) is 17.8 Å². The molecule has 0 spiro atoms. The molecule has 0 fully saturated rings. The van der Waals surface area contributed by atoms with Crippen LogP contribution >= 0.6 is 15.6 Å². The molecular formula is C86H168O17P2. The normalized spacial score (nSPS) is 13.9. The van der Waals surface area contributed by atoms with Crippen LogP contribution < -0.4 is 0 Å². The number of unbranched alkanes of at least 4 members (excludes halogenated alkanes) is 52. The SMILES string of the molecule is CCCCCCCCCCCCCC(=O)OC[C@H](COP(=O)(O)OC[C@H](O)COP(=O)(O)OC[C@@H](COC(=O)CCCCCCCCCCCCCCCCC(C)C)OC(=O)CCCCCCCCCCCCCCCCCCCCC(C)C)OC(=O)CCCCCCCCCCCCCCCC(C)C. The van der Waals surface area contributed by atoms with E-state index in [1.807, 2.05) is 0 Å². The van der Waals surface area contributed by atoms with Gasteiger partial charge in [0.1, 0.15) is 19.3 Å². The number of aliphatic hydroxyl groups excluding tert-OH is 1. The molecule has 2 unspecified atom stereocenters. The van der Waals surface area contributed by atoms with Crippen LogP contribution in [0.15, 0.2) is 0 Å². The number of phosphoric acid groups is 2. The van der Waals surface area contributed by atoms with Crippen LogP contribution in [0.4, 0.5) is 0 Å². The summed E-state index contributed by atoms with van der Waals surface area (Å²) in [5, 5.41) is 10.7. The van der Waals surface area contributed by atoms with Gasteiger partial charge in [0.2, 0.25) is 0 Å². The molecule has 0 aliphatic heterocycles. The lowest BCUT2D eigenvalue weighted by atomic mass is 10.0. The van der Waals surface area contributed by atoms with Crippen molar-refractivity contribution in [2.75, 3.05) is 39.6 Å². The van der Waals surface area contributed by atoms with Crippen molar-refractivity contribution >= 4 is 39.5 Å². The second-order valence-electron chi connectivity index (χ2n) is 32.4. The number of rotatable bonds is 84. The highest BCUT2D eigenvalue weighted by molar-refractivity contribution is 7.47. The Balaban J connectivity index is 5.24. The number of hydrogen-bond donors (Lipinski definition) is 3. The molecule has 0 aliphatic rings. The van der Waals surface area contributed by atoms with E-state index in [0.717, 1.165) is 108 Å². The minimum atomic E-state index is -4.97. The highest BCUT2D eigenvalue weighted by atomic mass is 31.2. The molecule has 5 atom stereocenters. The zero-order valence-corrected chi connectivity index (χ0v) is 71.0. The van der Waals surface area contributed by atoms with Crippen molar-refractivity contribution < 1.29 is 80.2 Å². The van der Waals surface area contributed by atoms with E-state index in [-0.39, 0.29) is 25.7 Å². The van der Waals surface area contributed by atoms with Gasteiger partial charge in [0.25, 0.3) is 0 Å². The fourth-order valence-corrected chi connectivity index (χ4v) is 14.9. The van der Waals surface area contributed by atoms with Crippen molar-refractivity contribution in [3.63, 3.8) is 0 Å². The van der Waals surface area contributed by atoms with E-state index in [2.05, 4.69) is 48.5 Å². The van der Waals surface area contributed by atoms with Gasteiger partial charge in [-0.15, -0.1) is 0 Å². The summed E-state index contributed by atoms with van der Waals surface area (Å²) in [5.41, 5.74) is 0. The van der Waals surface area contributed by atoms with Crippen molar-refractivity contribution in [2.45, 2.75) is 471 Å². The molecule has 3 N–H and O–H groups in total. The molecule has 0 aromatic heterocycles. The fraction of sp³-hybridized carbons (Fsp3) is 0.953. The lowest BCUT2D eigenvalue weighted by Gasteiger charge is -2.21. The molecule has 17 nitrogen and oxygen atoms in total. The van der Waals surface area contributed by atoms with Gasteiger partial charge in [-0.2, -0.15) is 0 Å². The third-order valence-corrected chi connectivity index (χ3v) is 22.0. The lowest BCUT2D eigenvalue weighted by molar-refractivity contribution is -0.161. The lowest BCUT2D eigenvalue weighted by Crippen LogP contribution is -2.30. The van der Waals surface area contributed by atoms with E-state index in [1.54, 1.807) is 0 Å². The van der Waals surface area contributed by atoms with Gasteiger partial charge < -0.3 is 33.8 Å². The average molecular weight is 1540 g/mol. The van der Waals surface area contributed by atoms with Crippen molar-refractivity contribution in [3.8, 4) is 0 Å². The first-order valence-corrected chi connectivity index (χ1v) is 47.3. The predicted molar refractivity (Wildman–Crippen MR) is 432 cm³/mol. The predicted octanol–water partition coefficient (Wildman–Crippen LogP) is 26.1. The fourth-order valence-electron chi connectivity index (χ4n) is 13.4. The smallest absolute Gasteiger partial charge is 0.462 e. The largest absolute Gasteiger partial charge is 0.472 e. The van der Waals surface area contributed by atoms with Gasteiger partial charge in [-0.3, -0.25) is 37.3 Å². The number of hydrogen-bond acceptors (Lipinski definition) is 15. The van der Waals surface area contributed by atoms with Gasteiger partial charge in [-0.25, -0.2) is 9.13 Å². The molecule has 0 bridgehead atoms. The number of ether oxygens (including phenoxy) is 4. The molecule has 0 saturated heterocycles. The molecule has 105 heavy (non-hydrogen) atoms. The second-order valence-corrected chi connectivity index (χ2v) is 35.3. The van der Waals surface area contributed by atoms with Crippen LogP contribution in [0, 0.1) is 17.8 Å². The van der Waals surface area contributed by atoms with Crippen LogP contribution in [0.25, 0.3) is 0 Å². The molecule has 0 aromatic rings. The Labute approximate surface area is 645 Å². The summed E-state index contributed by atoms with van der Waals surface area (Å²) in [4.78, 5) is 73.2. The molecule has 0 heterocycles. The molecule has 0 amide bonds. The van der Waals surface area contributed by atoms with Gasteiger partial charge in [0, 0.05) is 25.7 Å². The third kappa shape index (κ3) is 79.9. The molecular weight excluding hydrogens is 1370 g/mol. The summed E-state index contributed by atoms with van der Waals surface area (Å²) in [5.74, 6) is 0.303. The molecule has 0 rings (SSSR count). The van der Waals surface area contributed by atoms with Crippen molar-refractivity contribution in [1.29, 1.82) is 0 Å². The van der Waals surface area contributed by atoms with Gasteiger partial charge in [0.05, 0.1) is 26.4 Å². The summed E-state index contributed by atoms with van der Waals surface area (Å²) < 4.78 is 68.9. The Morgan fingerprint density at radius 3 is 0.648 bits per heavy atom. The number of phosphoric ester groups is 2. The number of carbonyl (C=O) groups excluding carboxylic acids is 4. The van der Waals surface area contributed by atoms with E-state index < -0.39 is 97.5 Å². The zero-order valence-electron chi connectivity index (χ0n) is 69.2.